The molecule has 0 aliphatic carbocycles. The van der Waals surface area contributed by atoms with Crippen LogP contribution in [0, 0.1) is 13.8 Å². The van der Waals surface area contributed by atoms with E-state index < -0.39 is 0 Å². The number of carbonyl (C=O) groups is 1. The average Bonchev–Trinajstić information content (AvgIpc) is 3.33. The summed E-state index contributed by atoms with van der Waals surface area (Å²) < 4.78 is 1.94. The lowest BCUT2D eigenvalue weighted by Crippen LogP contribution is -2.33. The van der Waals surface area contributed by atoms with Gasteiger partial charge < -0.3 is 4.90 Å². The number of aromatic nitrogens is 3. The van der Waals surface area contributed by atoms with Gasteiger partial charge in [0.15, 0.2) is 0 Å². The Morgan fingerprint density at radius 2 is 2.11 bits per heavy atom. The first-order chi connectivity index (χ1) is 13.5. The first-order valence-electron chi connectivity index (χ1n) is 10.2. The molecule has 1 fully saturated rings. The van der Waals surface area contributed by atoms with Crippen molar-refractivity contribution in [1.29, 1.82) is 0 Å². The third-order valence-corrected chi connectivity index (χ3v) is 5.93. The molecule has 0 unspecified atom stereocenters. The molecule has 1 aromatic carbocycles. The van der Waals surface area contributed by atoms with Crippen molar-refractivity contribution in [2.24, 2.45) is 0 Å². The maximum absolute atomic E-state index is 13.4. The third kappa shape index (κ3) is 3.19. The number of fused-ring (bicyclic) bond motifs is 1. The molecule has 2 aromatic heterocycles. The predicted octanol–water partition coefficient (Wildman–Crippen LogP) is 4.75. The largest absolute Gasteiger partial charge is 0.336 e. The van der Waals surface area contributed by atoms with E-state index in [1.165, 1.54) is 5.56 Å². The summed E-state index contributed by atoms with van der Waals surface area (Å²) in [5.74, 6) is 0.114. The van der Waals surface area contributed by atoms with Gasteiger partial charge in [0.05, 0.1) is 23.0 Å². The van der Waals surface area contributed by atoms with Crippen LogP contribution < -0.4 is 0 Å². The lowest BCUT2D eigenvalue weighted by molar-refractivity contribution is 0.0749. The number of rotatable bonds is 4. The molecular weight excluding hydrogens is 348 g/mol. The number of benzene rings is 1. The summed E-state index contributed by atoms with van der Waals surface area (Å²) in [5, 5.41) is 5.39. The minimum Gasteiger partial charge on any atom is -0.336 e. The average molecular weight is 377 g/mol. The first-order valence-corrected chi connectivity index (χ1v) is 10.2. The van der Waals surface area contributed by atoms with Gasteiger partial charge in [0, 0.05) is 36.3 Å². The number of hydrogen-bond acceptors (Lipinski definition) is 3. The number of aryl methyl sites for hydroxylation is 3. The fourth-order valence-corrected chi connectivity index (χ4v) is 4.09. The van der Waals surface area contributed by atoms with Crippen molar-refractivity contribution in [3.8, 4) is 11.3 Å². The van der Waals surface area contributed by atoms with E-state index in [-0.39, 0.29) is 11.9 Å². The molecule has 0 radical (unpaired) electrons. The highest BCUT2D eigenvalue weighted by Crippen LogP contribution is 2.30. The molecule has 5 heteroatoms. The van der Waals surface area contributed by atoms with Crippen LogP contribution in [0.4, 0.5) is 0 Å². The number of hydrogen-bond donors (Lipinski definition) is 0. The van der Waals surface area contributed by atoms with E-state index in [0.29, 0.717) is 0 Å². The van der Waals surface area contributed by atoms with Crippen LogP contribution in [0.1, 0.15) is 54.6 Å². The zero-order chi connectivity index (χ0) is 19.8. The molecule has 1 aliphatic heterocycles. The van der Waals surface area contributed by atoms with Gasteiger partial charge in [0.1, 0.15) is 0 Å². The Labute approximate surface area is 166 Å². The minimum absolute atomic E-state index is 0.114. The maximum atomic E-state index is 13.4. The van der Waals surface area contributed by atoms with Gasteiger partial charge in [-0.2, -0.15) is 5.10 Å². The zero-order valence-corrected chi connectivity index (χ0v) is 17.2. The van der Waals surface area contributed by atoms with Crippen LogP contribution in [0.15, 0.2) is 30.6 Å². The molecule has 3 aromatic rings. The number of likely N-dealkylation sites (tertiary alicyclic amines) is 1. The molecule has 0 saturated carbocycles. The van der Waals surface area contributed by atoms with Gasteiger partial charge in [-0.25, -0.2) is 4.98 Å². The summed E-state index contributed by atoms with van der Waals surface area (Å²) in [6, 6.07) is 6.38. The second kappa shape index (κ2) is 7.38. The van der Waals surface area contributed by atoms with Gasteiger partial charge >= 0.3 is 0 Å². The van der Waals surface area contributed by atoms with Crippen LogP contribution in [0.3, 0.4) is 0 Å². The van der Waals surface area contributed by atoms with E-state index in [4.69, 9.17) is 4.98 Å². The summed E-state index contributed by atoms with van der Waals surface area (Å²) in [7, 11) is 0. The zero-order valence-electron chi connectivity index (χ0n) is 17.2. The first kappa shape index (κ1) is 18.7. The molecule has 4 rings (SSSR count). The Hall–Kier alpha value is -2.69. The van der Waals surface area contributed by atoms with Crippen molar-refractivity contribution in [3.05, 3.63) is 47.3 Å². The van der Waals surface area contributed by atoms with Gasteiger partial charge in [0.2, 0.25) is 0 Å². The summed E-state index contributed by atoms with van der Waals surface area (Å²) in [4.78, 5) is 20.4. The molecule has 5 nitrogen and oxygen atoms in total. The molecule has 28 heavy (non-hydrogen) atoms. The number of carbonyl (C=O) groups excluding carboxylic acids is 1. The highest BCUT2D eigenvalue weighted by Gasteiger charge is 2.28. The van der Waals surface area contributed by atoms with Crippen molar-refractivity contribution < 1.29 is 4.79 Å². The van der Waals surface area contributed by atoms with E-state index in [0.717, 1.165) is 65.6 Å². The van der Waals surface area contributed by atoms with E-state index in [1.54, 1.807) is 0 Å². The highest BCUT2D eigenvalue weighted by molar-refractivity contribution is 6.08. The smallest absolute Gasteiger partial charge is 0.254 e. The number of pyridine rings is 1. The monoisotopic (exact) mass is 376 g/mol. The molecule has 146 valence electrons. The van der Waals surface area contributed by atoms with Gasteiger partial charge in [-0.05, 0) is 57.2 Å². The molecule has 1 aliphatic rings. The Morgan fingerprint density at radius 3 is 2.82 bits per heavy atom. The van der Waals surface area contributed by atoms with Gasteiger partial charge in [-0.3, -0.25) is 9.48 Å². The van der Waals surface area contributed by atoms with E-state index in [9.17, 15) is 4.79 Å². The van der Waals surface area contributed by atoms with Crippen LogP contribution >= 0.6 is 0 Å². The number of nitrogens with zero attached hydrogens (tertiary/aromatic N) is 4. The molecule has 1 amide bonds. The van der Waals surface area contributed by atoms with Crippen molar-refractivity contribution >= 4 is 16.8 Å². The SMILES string of the molecule is CCCn1cc(-c2cc(C(=O)N3CCC[C@@H]3C)c3ccc(C)c(C)c3n2)cn1. The van der Waals surface area contributed by atoms with Crippen LogP contribution in [-0.2, 0) is 6.54 Å². The molecule has 0 bridgehead atoms. The highest BCUT2D eigenvalue weighted by atomic mass is 16.2. The second-order valence-corrected chi connectivity index (χ2v) is 7.94. The normalized spacial score (nSPS) is 16.9. The maximum Gasteiger partial charge on any atom is 0.254 e. The Morgan fingerprint density at radius 1 is 1.29 bits per heavy atom. The molecule has 1 atom stereocenters. The standard InChI is InChI=1S/C23H28N4O/c1-5-10-26-14-18(13-24-26)21-12-20(23(28)27-11-6-7-16(27)3)19-9-8-15(2)17(4)22(19)25-21/h8-9,12-14,16H,5-7,10-11H2,1-4H3/t16-/m0/s1. The Bertz CT molecular complexity index is 1040. The Kier molecular flexibility index (Phi) is 4.92. The molecule has 1 saturated heterocycles. The lowest BCUT2D eigenvalue weighted by Gasteiger charge is -2.23. The topological polar surface area (TPSA) is 51.0 Å². The van der Waals surface area contributed by atoms with Crippen LogP contribution in [0.5, 0.6) is 0 Å². The molecular formula is C23H28N4O. The Balaban J connectivity index is 1.89. The molecule has 0 N–H and O–H groups in total. The predicted molar refractivity (Wildman–Crippen MR) is 112 cm³/mol. The van der Waals surface area contributed by atoms with Crippen molar-refractivity contribution in [2.45, 2.75) is 59.5 Å². The molecule has 3 heterocycles. The lowest BCUT2D eigenvalue weighted by atomic mass is 9.99. The third-order valence-electron chi connectivity index (χ3n) is 5.93. The van der Waals surface area contributed by atoms with Gasteiger partial charge in [0.25, 0.3) is 5.91 Å². The summed E-state index contributed by atoms with van der Waals surface area (Å²) in [6.07, 6.45) is 7.05. The fourth-order valence-electron chi connectivity index (χ4n) is 4.09. The van der Waals surface area contributed by atoms with E-state index in [2.05, 4.69) is 38.9 Å². The van der Waals surface area contributed by atoms with Crippen LogP contribution in [-0.4, -0.2) is 38.2 Å². The van der Waals surface area contributed by atoms with Crippen LogP contribution in [0.25, 0.3) is 22.2 Å². The summed E-state index contributed by atoms with van der Waals surface area (Å²) in [6.45, 7) is 10.2. The second-order valence-electron chi connectivity index (χ2n) is 7.94. The van der Waals surface area contributed by atoms with Crippen molar-refractivity contribution in [1.82, 2.24) is 19.7 Å². The minimum atomic E-state index is 0.114. The van der Waals surface area contributed by atoms with Gasteiger partial charge in [-0.15, -0.1) is 0 Å². The molecule has 0 spiro atoms. The van der Waals surface area contributed by atoms with Crippen molar-refractivity contribution in [2.75, 3.05) is 6.54 Å². The van der Waals surface area contributed by atoms with Crippen LogP contribution in [0.2, 0.25) is 0 Å². The van der Waals surface area contributed by atoms with Gasteiger partial charge in [-0.1, -0.05) is 19.1 Å². The summed E-state index contributed by atoms with van der Waals surface area (Å²) in [5.41, 5.74) is 5.75. The van der Waals surface area contributed by atoms with E-state index in [1.807, 2.05) is 34.1 Å². The van der Waals surface area contributed by atoms with E-state index >= 15 is 0 Å². The number of amides is 1. The summed E-state index contributed by atoms with van der Waals surface area (Å²) >= 11 is 0. The van der Waals surface area contributed by atoms with Crippen molar-refractivity contribution in [3.63, 3.8) is 0 Å². The quantitative estimate of drug-likeness (QED) is 0.660. The fraction of sp³-hybridized carbons (Fsp3) is 0.435.